The van der Waals surface area contributed by atoms with E-state index in [4.69, 9.17) is 0 Å². The van der Waals surface area contributed by atoms with Crippen LogP contribution < -0.4 is 61.8 Å². The van der Waals surface area contributed by atoms with Gasteiger partial charge < -0.3 is 15.2 Å². The molecular weight excluding hydrogens is 389 g/mol. The molecule has 0 aromatic carbocycles. The van der Waals surface area contributed by atoms with Crippen LogP contribution in [0.15, 0.2) is 12.2 Å². The van der Waals surface area contributed by atoms with Gasteiger partial charge in [0.2, 0.25) is 5.91 Å². The van der Waals surface area contributed by atoms with Gasteiger partial charge in [-0.25, -0.2) is 0 Å². The van der Waals surface area contributed by atoms with E-state index in [1.54, 1.807) is 0 Å². The van der Waals surface area contributed by atoms with Gasteiger partial charge in [-0.15, -0.1) is 0 Å². The van der Waals surface area contributed by atoms with Gasteiger partial charge in [-0.1, -0.05) is 84.3 Å². The van der Waals surface area contributed by atoms with Gasteiger partial charge in [0, 0.05) is 6.42 Å². The van der Waals surface area contributed by atoms with Crippen molar-refractivity contribution >= 4 is 11.9 Å². The Morgan fingerprint density at radius 1 is 0.828 bits per heavy atom. The molecule has 1 amide bonds. The van der Waals surface area contributed by atoms with Gasteiger partial charge >= 0.3 is 51.4 Å². The Labute approximate surface area is 222 Å². The molecule has 0 radical (unpaired) electrons. The Kier molecular flexibility index (Phi) is 25.0. The summed E-state index contributed by atoms with van der Waals surface area (Å²) in [5.74, 6) is -1.15. The summed E-state index contributed by atoms with van der Waals surface area (Å²) in [6.45, 7) is 6.13. The summed E-state index contributed by atoms with van der Waals surface area (Å²) in [5, 5.41) is 13.6. The number of aliphatic carboxylic acids is 1. The third-order valence-electron chi connectivity index (χ3n) is 4.99. The molecule has 0 saturated heterocycles. The molecule has 0 heterocycles. The second kappa shape index (κ2) is 23.0. The van der Waals surface area contributed by atoms with Crippen molar-refractivity contribution in [1.29, 1.82) is 0 Å². The first-order valence-electron chi connectivity index (χ1n) is 11.6. The molecule has 0 aliphatic carbocycles. The largest absolute Gasteiger partial charge is 1.00 e. The molecule has 0 bridgehead atoms. The number of carboxylic acid groups (broad SMARTS) is 1. The van der Waals surface area contributed by atoms with Gasteiger partial charge in [0.05, 0.1) is 12.0 Å². The van der Waals surface area contributed by atoms with E-state index in [2.05, 4.69) is 24.4 Å². The molecule has 0 spiro atoms. The Morgan fingerprint density at radius 3 is 1.79 bits per heavy atom. The predicted molar refractivity (Wildman–Crippen MR) is 116 cm³/mol. The van der Waals surface area contributed by atoms with Crippen molar-refractivity contribution in [3.8, 4) is 0 Å². The summed E-state index contributed by atoms with van der Waals surface area (Å²) >= 11 is 0. The molecule has 5 heteroatoms. The van der Waals surface area contributed by atoms with Crippen LogP contribution in [-0.4, -0.2) is 17.9 Å². The average molecular weight is 434 g/mol. The zero-order chi connectivity index (χ0) is 21.0. The Balaban J connectivity index is 0. The molecule has 0 fully saturated rings. The number of amides is 1. The quantitative estimate of drug-likeness (QED) is 0.193. The number of hydrogen-bond acceptors (Lipinski definition) is 3. The smallest absolute Gasteiger partial charge is 0.548 e. The van der Waals surface area contributed by atoms with Crippen molar-refractivity contribution in [2.45, 2.75) is 123 Å². The van der Waals surface area contributed by atoms with Crippen LogP contribution in [0, 0.1) is 5.92 Å². The first-order valence-corrected chi connectivity index (χ1v) is 11.6. The predicted octanol–water partition coefficient (Wildman–Crippen LogP) is 2.31. The fourth-order valence-corrected chi connectivity index (χ4v) is 3.31. The van der Waals surface area contributed by atoms with Crippen molar-refractivity contribution < 1.29 is 66.1 Å². The first kappa shape index (κ1) is 31.5. The molecule has 0 aromatic heterocycles. The summed E-state index contributed by atoms with van der Waals surface area (Å²) in [6, 6.07) is -0.865. The van der Waals surface area contributed by atoms with Crippen molar-refractivity contribution in [1.82, 2.24) is 5.32 Å². The van der Waals surface area contributed by atoms with Crippen LogP contribution in [0.25, 0.3) is 0 Å². The van der Waals surface area contributed by atoms with E-state index in [1.165, 1.54) is 57.8 Å². The van der Waals surface area contributed by atoms with Crippen LogP contribution in [0.1, 0.15) is 117 Å². The van der Waals surface area contributed by atoms with Crippen molar-refractivity contribution in [2.75, 3.05) is 0 Å². The maximum absolute atomic E-state index is 11.9. The number of unbranched alkanes of at least 4 members (excludes halogenated alkanes) is 11. The molecule has 0 aliphatic rings. The van der Waals surface area contributed by atoms with Crippen molar-refractivity contribution in [2.24, 2.45) is 5.92 Å². The molecule has 0 saturated carbocycles. The monoisotopic (exact) mass is 433 g/mol. The molecule has 0 aromatic rings. The van der Waals surface area contributed by atoms with E-state index in [0.717, 1.165) is 25.7 Å². The second-order valence-corrected chi connectivity index (χ2v) is 8.40. The molecule has 4 nitrogen and oxygen atoms in total. The normalized spacial score (nSPS) is 12.1. The molecule has 29 heavy (non-hydrogen) atoms. The molecule has 0 unspecified atom stereocenters. The maximum atomic E-state index is 11.9. The fourth-order valence-electron chi connectivity index (χ4n) is 3.31. The molecule has 0 rings (SSSR count). The van der Waals surface area contributed by atoms with Gasteiger partial charge in [0.1, 0.15) is 0 Å². The third kappa shape index (κ3) is 22.8. The van der Waals surface area contributed by atoms with E-state index in [0.29, 0.717) is 12.8 Å². The summed E-state index contributed by atoms with van der Waals surface area (Å²) in [6.07, 6.45) is 21.3. The van der Waals surface area contributed by atoms with Gasteiger partial charge in [-0.3, -0.25) is 4.79 Å². The topological polar surface area (TPSA) is 69.2 Å². The zero-order valence-corrected chi connectivity index (χ0v) is 22.8. The number of carbonyl (C=O) groups is 2. The number of nitrogens with one attached hydrogen (secondary N) is 1. The van der Waals surface area contributed by atoms with Crippen LogP contribution in [0.2, 0.25) is 0 Å². The van der Waals surface area contributed by atoms with Crippen LogP contribution in [0.3, 0.4) is 0 Å². The number of hydrogen-bond donors (Lipinski definition) is 1. The van der Waals surface area contributed by atoms with E-state index < -0.39 is 12.0 Å². The SMILES string of the molecule is CCCCCCCC/C=C\CCCCCCCC(=O)N[C@@H](CC(C)C)C(=O)[O-].[K+]. The minimum atomic E-state index is -1.19. The molecule has 164 valence electrons. The average Bonchev–Trinajstić information content (AvgIpc) is 2.64. The minimum Gasteiger partial charge on any atom is -0.548 e. The van der Waals surface area contributed by atoms with Crippen molar-refractivity contribution in [3.63, 3.8) is 0 Å². The fraction of sp³-hybridized carbons (Fsp3) is 0.833. The number of carboxylic acids is 1. The first-order chi connectivity index (χ1) is 13.5. The van der Waals surface area contributed by atoms with E-state index in [-0.39, 0.29) is 63.2 Å². The Hall–Kier alpha value is 0.316. The van der Waals surface area contributed by atoms with Gasteiger partial charge in [-0.2, -0.15) is 0 Å². The summed E-state index contributed by atoms with van der Waals surface area (Å²) in [4.78, 5) is 22.9. The van der Waals surface area contributed by atoms with E-state index >= 15 is 0 Å². The van der Waals surface area contributed by atoms with Crippen LogP contribution in [0.4, 0.5) is 0 Å². The molecule has 0 aliphatic heterocycles. The van der Waals surface area contributed by atoms with Crippen LogP contribution in [-0.2, 0) is 9.59 Å². The zero-order valence-electron chi connectivity index (χ0n) is 19.6. The molecule has 1 N–H and O–H groups in total. The van der Waals surface area contributed by atoms with Gasteiger partial charge in [0.15, 0.2) is 0 Å². The van der Waals surface area contributed by atoms with Gasteiger partial charge in [0.25, 0.3) is 0 Å². The van der Waals surface area contributed by atoms with Gasteiger partial charge in [-0.05, 0) is 44.4 Å². The van der Waals surface area contributed by atoms with Crippen LogP contribution in [0.5, 0.6) is 0 Å². The second-order valence-electron chi connectivity index (χ2n) is 8.40. The van der Waals surface area contributed by atoms with Crippen LogP contribution >= 0.6 is 0 Å². The summed E-state index contributed by atoms with van der Waals surface area (Å²) in [7, 11) is 0. The Morgan fingerprint density at radius 2 is 1.31 bits per heavy atom. The number of carbonyl (C=O) groups excluding carboxylic acids is 2. The standard InChI is InChI=1S/C24H45NO3.K/c1-4-5-6-7-8-9-10-11-12-13-14-15-16-17-18-19-23(26)25-22(24(27)28)20-21(2)3;/h11-12,21-22H,4-10,13-20H2,1-3H3,(H,25,26)(H,27,28);/q;+1/p-1/b12-11-;/t22-;/m0./s1. The molecule has 1 atom stereocenters. The summed E-state index contributed by atoms with van der Waals surface area (Å²) in [5.41, 5.74) is 0. The Bertz CT molecular complexity index is 424. The summed E-state index contributed by atoms with van der Waals surface area (Å²) < 4.78 is 0. The number of rotatable bonds is 19. The van der Waals surface area contributed by atoms with E-state index in [1.807, 2.05) is 13.8 Å². The van der Waals surface area contributed by atoms with E-state index in [9.17, 15) is 14.7 Å². The number of allylic oxidation sites excluding steroid dienone is 2. The molecular formula is C24H44KNO3. The minimum absolute atomic E-state index is 0. The van der Waals surface area contributed by atoms with Crippen molar-refractivity contribution in [3.05, 3.63) is 12.2 Å². The maximum Gasteiger partial charge on any atom is 1.00 e. The third-order valence-corrected chi connectivity index (χ3v) is 4.99.